The third-order valence-electron chi connectivity index (χ3n) is 6.18. The van der Waals surface area contributed by atoms with Gasteiger partial charge in [0.1, 0.15) is 6.10 Å². The molecule has 1 aliphatic carbocycles. The molecule has 4 heteroatoms. The molecular weight excluding hydrogens is 336 g/mol. The zero-order chi connectivity index (χ0) is 18.6. The number of aromatic nitrogens is 1. The van der Waals surface area contributed by atoms with Crippen molar-refractivity contribution in [2.24, 2.45) is 11.8 Å². The van der Waals surface area contributed by atoms with E-state index in [1.54, 1.807) is 0 Å². The van der Waals surface area contributed by atoms with Crippen molar-refractivity contribution in [2.75, 3.05) is 13.1 Å². The predicted molar refractivity (Wildman–Crippen MR) is 108 cm³/mol. The van der Waals surface area contributed by atoms with Crippen LogP contribution < -0.4 is 4.74 Å². The van der Waals surface area contributed by atoms with Crippen molar-refractivity contribution >= 4 is 16.8 Å². The van der Waals surface area contributed by atoms with Gasteiger partial charge < -0.3 is 9.64 Å². The van der Waals surface area contributed by atoms with Gasteiger partial charge in [0.2, 0.25) is 11.8 Å². The van der Waals surface area contributed by atoms with Crippen LogP contribution in [0.2, 0.25) is 0 Å². The van der Waals surface area contributed by atoms with E-state index in [9.17, 15) is 4.79 Å². The number of amides is 1. The summed E-state index contributed by atoms with van der Waals surface area (Å²) in [5.74, 6) is 2.08. The molecule has 1 saturated carbocycles. The van der Waals surface area contributed by atoms with Gasteiger partial charge in [0.25, 0.3) is 0 Å². The van der Waals surface area contributed by atoms with Gasteiger partial charge in [0, 0.05) is 17.4 Å². The summed E-state index contributed by atoms with van der Waals surface area (Å²) in [6.45, 7) is 3.65. The number of para-hydroxylation sites is 1. The summed E-state index contributed by atoms with van der Waals surface area (Å²) >= 11 is 0. The lowest BCUT2D eigenvalue weighted by atomic mass is 9.79. The maximum absolute atomic E-state index is 12.7. The maximum atomic E-state index is 12.7. The summed E-state index contributed by atoms with van der Waals surface area (Å²) in [7, 11) is 0. The minimum absolute atomic E-state index is 0.0727. The topological polar surface area (TPSA) is 42.4 Å². The second kappa shape index (κ2) is 8.28. The van der Waals surface area contributed by atoms with E-state index in [-0.39, 0.29) is 12.0 Å². The van der Waals surface area contributed by atoms with E-state index in [2.05, 4.69) is 11.9 Å². The van der Waals surface area contributed by atoms with Crippen molar-refractivity contribution < 1.29 is 9.53 Å². The summed E-state index contributed by atoms with van der Waals surface area (Å²) in [6.07, 6.45) is 8.62. The largest absolute Gasteiger partial charge is 0.471 e. The lowest BCUT2D eigenvalue weighted by Crippen LogP contribution is -2.57. The third-order valence-corrected chi connectivity index (χ3v) is 6.18. The average molecular weight is 367 g/mol. The first-order valence-electron chi connectivity index (χ1n) is 10.5. The highest BCUT2D eigenvalue weighted by molar-refractivity contribution is 5.80. The molecule has 1 aromatic carbocycles. The van der Waals surface area contributed by atoms with Gasteiger partial charge >= 0.3 is 0 Å². The number of unbranched alkanes of at least 4 members (excludes halogenated alkanes) is 1. The summed E-state index contributed by atoms with van der Waals surface area (Å²) < 4.78 is 5.98. The van der Waals surface area contributed by atoms with Crippen LogP contribution in [0.1, 0.15) is 51.9 Å². The van der Waals surface area contributed by atoms with Gasteiger partial charge in [-0.1, -0.05) is 44.4 Å². The minimum atomic E-state index is 0.0727. The molecule has 27 heavy (non-hydrogen) atoms. The molecule has 0 bridgehead atoms. The number of nitrogens with zero attached hydrogens (tertiary/aromatic N) is 2. The van der Waals surface area contributed by atoms with Gasteiger partial charge in [0.05, 0.1) is 18.6 Å². The summed E-state index contributed by atoms with van der Waals surface area (Å²) in [4.78, 5) is 19.3. The molecular formula is C23H30N2O2. The van der Waals surface area contributed by atoms with E-state index in [4.69, 9.17) is 4.74 Å². The van der Waals surface area contributed by atoms with Crippen LogP contribution in [0.3, 0.4) is 0 Å². The second-order valence-electron chi connectivity index (χ2n) is 8.19. The summed E-state index contributed by atoms with van der Waals surface area (Å²) in [5.41, 5.74) is 0.946. The number of fused-ring (bicyclic) bond motifs is 1. The number of carbonyl (C=O) groups excluding carboxylic acids is 1. The molecule has 1 aromatic heterocycles. The van der Waals surface area contributed by atoms with Gasteiger partial charge in [0.15, 0.2) is 0 Å². The molecule has 4 nitrogen and oxygen atoms in total. The Labute approximate surface area is 161 Å². The fraction of sp³-hybridized carbons (Fsp3) is 0.565. The SMILES string of the molecule is CCCCC1CCC(C(=O)N2CC(Oc3ccc4ccccc4n3)C2)CC1. The molecule has 4 rings (SSSR count). The standard InChI is InChI=1S/C23H30N2O2/c1-2-3-6-17-9-11-19(12-10-17)23(26)25-15-20(16-25)27-22-14-13-18-7-4-5-8-21(18)24-22/h4-5,7-8,13-14,17,19-20H,2-3,6,9-12,15-16H2,1H3. The number of pyridine rings is 1. The van der Waals surface area contributed by atoms with E-state index in [1.807, 2.05) is 41.3 Å². The van der Waals surface area contributed by atoms with Crippen LogP contribution in [0.15, 0.2) is 36.4 Å². The zero-order valence-corrected chi connectivity index (χ0v) is 16.3. The Hall–Kier alpha value is -2.10. The van der Waals surface area contributed by atoms with Gasteiger partial charge in [-0.05, 0) is 43.7 Å². The van der Waals surface area contributed by atoms with Gasteiger partial charge in [-0.3, -0.25) is 4.79 Å². The molecule has 1 saturated heterocycles. The van der Waals surface area contributed by atoms with Crippen LogP contribution in [-0.2, 0) is 4.79 Å². The first-order valence-corrected chi connectivity index (χ1v) is 10.5. The number of hydrogen-bond acceptors (Lipinski definition) is 3. The zero-order valence-electron chi connectivity index (χ0n) is 16.3. The van der Waals surface area contributed by atoms with E-state index in [0.29, 0.717) is 24.9 Å². The first-order chi connectivity index (χ1) is 13.2. The fourth-order valence-electron chi connectivity index (χ4n) is 4.43. The monoisotopic (exact) mass is 366 g/mol. The fourth-order valence-corrected chi connectivity index (χ4v) is 4.43. The number of likely N-dealkylation sites (tertiary alicyclic amines) is 1. The van der Waals surface area contributed by atoms with Crippen LogP contribution >= 0.6 is 0 Å². The molecule has 0 spiro atoms. The van der Waals surface area contributed by atoms with Crippen LogP contribution in [0, 0.1) is 11.8 Å². The first kappa shape index (κ1) is 18.3. The predicted octanol–water partition coefficient (Wildman–Crippen LogP) is 4.82. The Morgan fingerprint density at radius 1 is 1.11 bits per heavy atom. The van der Waals surface area contributed by atoms with Crippen LogP contribution in [-0.4, -0.2) is 35.0 Å². The van der Waals surface area contributed by atoms with E-state index >= 15 is 0 Å². The average Bonchev–Trinajstić information content (AvgIpc) is 2.68. The Morgan fingerprint density at radius 3 is 2.67 bits per heavy atom. The lowest BCUT2D eigenvalue weighted by molar-refractivity contribution is -0.146. The Balaban J connectivity index is 1.23. The Morgan fingerprint density at radius 2 is 1.89 bits per heavy atom. The van der Waals surface area contributed by atoms with Crippen molar-refractivity contribution in [2.45, 2.75) is 58.0 Å². The number of ether oxygens (including phenoxy) is 1. The molecule has 2 aliphatic rings. The molecule has 0 N–H and O–H groups in total. The van der Waals surface area contributed by atoms with Gasteiger partial charge in [-0.15, -0.1) is 0 Å². The Bertz CT molecular complexity index is 777. The quantitative estimate of drug-likeness (QED) is 0.736. The highest BCUT2D eigenvalue weighted by Gasteiger charge is 2.37. The molecule has 2 fully saturated rings. The summed E-state index contributed by atoms with van der Waals surface area (Å²) in [5, 5.41) is 1.12. The lowest BCUT2D eigenvalue weighted by Gasteiger charge is -2.41. The molecule has 144 valence electrons. The van der Waals surface area contributed by atoms with E-state index in [0.717, 1.165) is 29.7 Å². The molecule has 2 aromatic rings. The van der Waals surface area contributed by atoms with Crippen LogP contribution in [0.25, 0.3) is 10.9 Å². The highest BCUT2D eigenvalue weighted by Crippen LogP contribution is 2.34. The smallest absolute Gasteiger partial charge is 0.225 e. The molecule has 2 heterocycles. The van der Waals surface area contributed by atoms with E-state index in [1.165, 1.54) is 32.1 Å². The third kappa shape index (κ3) is 4.26. The maximum Gasteiger partial charge on any atom is 0.225 e. The molecule has 1 amide bonds. The van der Waals surface area contributed by atoms with Crippen molar-refractivity contribution in [3.05, 3.63) is 36.4 Å². The molecule has 0 atom stereocenters. The van der Waals surface area contributed by atoms with E-state index < -0.39 is 0 Å². The molecule has 1 aliphatic heterocycles. The second-order valence-corrected chi connectivity index (χ2v) is 8.19. The minimum Gasteiger partial charge on any atom is -0.471 e. The van der Waals surface area contributed by atoms with Gasteiger partial charge in [-0.2, -0.15) is 0 Å². The highest BCUT2D eigenvalue weighted by atomic mass is 16.5. The van der Waals surface area contributed by atoms with Crippen molar-refractivity contribution in [1.29, 1.82) is 0 Å². The summed E-state index contributed by atoms with van der Waals surface area (Å²) in [6, 6.07) is 12.0. The molecule has 0 radical (unpaired) electrons. The van der Waals surface area contributed by atoms with Gasteiger partial charge in [-0.25, -0.2) is 4.98 Å². The number of hydrogen-bond donors (Lipinski definition) is 0. The normalized spacial score (nSPS) is 23.2. The van der Waals surface area contributed by atoms with Crippen LogP contribution in [0.5, 0.6) is 5.88 Å². The number of rotatable bonds is 6. The Kier molecular flexibility index (Phi) is 5.61. The number of carbonyl (C=O) groups is 1. The van der Waals surface area contributed by atoms with Crippen molar-refractivity contribution in [3.63, 3.8) is 0 Å². The number of benzene rings is 1. The van der Waals surface area contributed by atoms with Crippen LogP contribution in [0.4, 0.5) is 0 Å². The van der Waals surface area contributed by atoms with Crippen molar-refractivity contribution in [3.8, 4) is 5.88 Å². The van der Waals surface area contributed by atoms with Crippen molar-refractivity contribution in [1.82, 2.24) is 9.88 Å². The molecule has 0 unspecified atom stereocenters.